The molecule has 4 nitrogen and oxygen atoms in total. The molecule has 0 aliphatic heterocycles. The highest BCUT2D eigenvalue weighted by atomic mass is 32.1. The zero-order valence-corrected chi connectivity index (χ0v) is 17.0. The van der Waals surface area contributed by atoms with Crippen LogP contribution in [0.15, 0.2) is 84.9 Å². The van der Waals surface area contributed by atoms with Crippen LogP contribution in [0, 0.1) is 0 Å². The second-order valence-corrected chi connectivity index (χ2v) is 7.03. The summed E-state index contributed by atoms with van der Waals surface area (Å²) >= 11 is 5.22. The monoisotopic (exact) mass is 404 g/mol. The number of benzene rings is 3. The second-order valence-electron chi connectivity index (χ2n) is 6.63. The molecule has 29 heavy (non-hydrogen) atoms. The fourth-order valence-corrected chi connectivity index (χ4v) is 3.09. The third kappa shape index (κ3) is 7.39. The molecule has 0 saturated carbocycles. The van der Waals surface area contributed by atoms with Gasteiger partial charge in [0.1, 0.15) is 5.75 Å². The maximum absolute atomic E-state index is 12.1. The van der Waals surface area contributed by atoms with Crippen LogP contribution in [0.1, 0.15) is 17.5 Å². The van der Waals surface area contributed by atoms with Crippen molar-refractivity contribution in [3.05, 3.63) is 96.1 Å². The minimum Gasteiger partial charge on any atom is -0.494 e. The van der Waals surface area contributed by atoms with Gasteiger partial charge in [0.25, 0.3) is 0 Å². The van der Waals surface area contributed by atoms with Gasteiger partial charge in [0, 0.05) is 5.69 Å². The standard InChI is InChI=1S/C24H24N2O2S/c27-23(18-20-10-5-2-6-11-20)26-24(29)25-21-13-15-22(16-14-21)28-17-7-12-19-8-3-1-4-9-19/h1-6,8-11,13-16H,7,12,17-18H2,(H2,25,26,27,29). The molecule has 0 aromatic heterocycles. The molecule has 0 aliphatic carbocycles. The Hall–Kier alpha value is -3.18. The Morgan fingerprint density at radius 3 is 2.10 bits per heavy atom. The number of carbonyl (C=O) groups excluding carboxylic acids is 1. The van der Waals surface area contributed by atoms with Gasteiger partial charge in [0.15, 0.2) is 5.11 Å². The van der Waals surface area contributed by atoms with Crippen LogP contribution in [0.3, 0.4) is 0 Å². The predicted molar refractivity (Wildman–Crippen MR) is 121 cm³/mol. The molecular weight excluding hydrogens is 380 g/mol. The number of aryl methyl sites for hydroxylation is 1. The number of thiocarbonyl (C=S) groups is 1. The van der Waals surface area contributed by atoms with Crippen LogP contribution < -0.4 is 15.4 Å². The van der Waals surface area contributed by atoms with E-state index in [1.165, 1.54) is 5.56 Å². The van der Waals surface area contributed by atoms with Crippen LogP contribution in [0.25, 0.3) is 0 Å². The first-order valence-corrected chi connectivity index (χ1v) is 10.0. The summed E-state index contributed by atoms with van der Waals surface area (Å²) in [5, 5.41) is 6.00. The van der Waals surface area contributed by atoms with Crippen molar-refractivity contribution in [3.63, 3.8) is 0 Å². The highest BCUT2D eigenvalue weighted by Gasteiger charge is 2.06. The Kier molecular flexibility index (Phi) is 7.78. The van der Waals surface area contributed by atoms with Gasteiger partial charge in [-0.05, 0) is 60.5 Å². The van der Waals surface area contributed by atoms with E-state index < -0.39 is 0 Å². The molecule has 0 radical (unpaired) electrons. The van der Waals surface area contributed by atoms with E-state index in [1.807, 2.05) is 60.7 Å². The normalized spacial score (nSPS) is 10.2. The third-order valence-electron chi connectivity index (χ3n) is 4.29. The summed E-state index contributed by atoms with van der Waals surface area (Å²) in [6.07, 6.45) is 2.25. The second kappa shape index (κ2) is 11.0. The Balaban J connectivity index is 1.38. The van der Waals surface area contributed by atoms with Crippen LogP contribution in [-0.2, 0) is 17.6 Å². The molecule has 0 atom stereocenters. The molecule has 3 rings (SSSR count). The maximum atomic E-state index is 12.1. The highest BCUT2D eigenvalue weighted by molar-refractivity contribution is 7.80. The summed E-state index contributed by atoms with van der Waals surface area (Å²) in [7, 11) is 0. The fraction of sp³-hybridized carbons (Fsp3) is 0.167. The van der Waals surface area contributed by atoms with Gasteiger partial charge in [-0.3, -0.25) is 4.79 Å². The van der Waals surface area contributed by atoms with Gasteiger partial charge in [0.05, 0.1) is 13.0 Å². The molecule has 1 amide bonds. The van der Waals surface area contributed by atoms with Gasteiger partial charge in [-0.25, -0.2) is 0 Å². The van der Waals surface area contributed by atoms with Crippen molar-refractivity contribution in [3.8, 4) is 5.75 Å². The number of nitrogens with one attached hydrogen (secondary N) is 2. The van der Waals surface area contributed by atoms with E-state index in [2.05, 4.69) is 34.9 Å². The Labute approximate surface area is 176 Å². The first kappa shape index (κ1) is 20.6. The van der Waals surface area contributed by atoms with Crippen molar-refractivity contribution in [2.45, 2.75) is 19.3 Å². The lowest BCUT2D eigenvalue weighted by Crippen LogP contribution is -2.35. The van der Waals surface area contributed by atoms with Gasteiger partial charge in [-0.2, -0.15) is 0 Å². The smallest absolute Gasteiger partial charge is 0.230 e. The first-order valence-electron chi connectivity index (χ1n) is 9.60. The average Bonchev–Trinajstić information content (AvgIpc) is 2.73. The molecule has 3 aromatic rings. The van der Waals surface area contributed by atoms with E-state index in [0.29, 0.717) is 13.0 Å². The molecule has 0 saturated heterocycles. The molecule has 148 valence electrons. The van der Waals surface area contributed by atoms with Gasteiger partial charge < -0.3 is 15.4 Å². The minimum absolute atomic E-state index is 0.146. The molecule has 0 heterocycles. The molecule has 0 spiro atoms. The lowest BCUT2D eigenvalue weighted by molar-refractivity contribution is -0.119. The number of ether oxygens (including phenoxy) is 1. The van der Waals surface area contributed by atoms with E-state index in [0.717, 1.165) is 29.8 Å². The lowest BCUT2D eigenvalue weighted by atomic mass is 10.1. The van der Waals surface area contributed by atoms with Gasteiger partial charge in [-0.15, -0.1) is 0 Å². The Bertz CT molecular complexity index is 913. The number of hydrogen-bond acceptors (Lipinski definition) is 3. The number of anilines is 1. The fourth-order valence-electron chi connectivity index (χ4n) is 2.86. The molecule has 0 aliphatic rings. The predicted octanol–water partition coefficient (Wildman–Crippen LogP) is 4.75. The summed E-state index contributed by atoms with van der Waals surface area (Å²) in [4.78, 5) is 12.1. The largest absolute Gasteiger partial charge is 0.494 e. The molecule has 0 unspecified atom stereocenters. The molecule has 3 aromatic carbocycles. The number of hydrogen-bond donors (Lipinski definition) is 2. The van der Waals surface area contributed by atoms with Crippen LogP contribution >= 0.6 is 12.2 Å². The van der Waals surface area contributed by atoms with Crippen LogP contribution in [0.2, 0.25) is 0 Å². The van der Waals surface area contributed by atoms with Gasteiger partial charge in [-0.1, -0.05) is 60.7 Å². The Morgan fingerprint density at radius 1 is 0.828 bits per heavy atom. The van der Waals surface area contributed by atoms with Crippen molar-refractivity contribution in [1.29, 1.82) is 0 Å². The van der Waals surface area contributed by atoms with Crippen molar-refractivity contribution in [2.75, 3.05) is 11.9 Å². The summed E-state index contributed by atoms with van der Waals surface area (Å²) in [5.41, 5.74) is 3.06. The topological polar surface area (TPSA) is 50.4 Å². The number of amides is 1. The molecule has 0 bridgehead atoms. The first-order chi connectivity index (χ1) is 14.2. The number of carbonyl (C=O) groups is 1. The summed E-state index contributed by atoms with van der Waals surface area (Å²) in [6.45, 7) is 0.662. The van der Waals surface area contributed by atoms with E-state index in [4.69, 9.17) is 17.0 Å². The maximum Gasteiger partial charge on any atom is 0.230 e. The van der Waals surface area contributed by atoms with Gasteiger partial charge in [0.2, 0.25) is 5.91 Å². The van der Waals surface area contributed by atoms with Crippen LogP contribution in [0.4, 0.5) is 5.69 Å². The summed E-state index contributed by atoms with van der Waals surface area (Å²) in [6, 6.07) is 27.5. The minimum atomic E-state index is -0.146. The summed E-state index contributed by atoms with van der Waals surface area (Å²) in [5.74, 6) is 0.662. The van der Waals surface area contributed by atoms with Crippen molar-refractivity contribution >= 4 is 28.9 Å². The van der Waals surface area contributed by atoms with Gasteiger partial charge >= 0.3 is 0 Å². The van der Waals surface area contributed by atoms with Crippen molar-refractivity contribution in [1.82, 2.24) is 5.32 Å². The van der Waals surface area contributed by atoms with Crippen molar-refractivity contribution in [2.24, 2.45) is 0 Å². The van der Waals surface area contributed by atoms with E-state index in [1.54, 1.807) is 0 Å². The molecule has 0 fully saturated rings. The number of rotatable bonds is 8. The molecule has 5 heteroatoms. The zero-order chi connectivity index (χ0) is 20.3. The van der Waals surface area contributed by atoms with E-state index in [-0.39, 0.29) is 11.0 Å². The van der Waals surface area contributed by atoms with Crippen LogP contribution in [0.5, 0.6) is 5.75 Å². The Morgan fingerprint density at radius 2 is 1.45 bits per heavy atom. The SMILES string of the molecule is O=C(Cc1ccccc1)NC(=S)Nc1ccc(OCCCc2ccccc2)cc1. The van der Waals surface area contributed by atoms with Crippen LogP contribution in [-0.4, -0.2) is 17.6 Å². The molecular formula is C24H24N2O2S. The lowest BCUT2D eigenvalue weighted by Gasteiger charge is -2.11. The van der Waals surface area contributed by atoms with Crippen molar-refractivity contribution < 1.29 is 9.53 Å². The quantitative estimate of drug-likeness (QED) is 0.420. The highest BCUT2D eigenvalue weighted by Crippen LogP contribution is 2.16. The van der Waals surface area contributed by atoms with E-state index >= 15 is 0 Å². The summed E-state index contributed by atoms with van der Waals surface area (Å²) < 4.78 is 5.79. The average molecular weight is 405 g/mol. The third-order valence-corrected chi connectivity index (χ3v) is 4.50. The zero-order valence-electron chi connectivity index (χ0n) is 16.1. The molecule has 2 N–H and O–H groups in total. The van der Waals surface area contributed by atoms with E-state index in [9.17, 15) is 4.79 Å².